The summed E-state index contributed by atoms with van der Waals surface area (Å²) in [6.45, 7) is 0.849. The molecular formula is C14H24O8. The van der Waals surface area contributed by atoms with Crippen molar-refractivity contribution in [3.8, 4) is 0 Å². The fraction of sp³-hybridized carbons (Fsp3) is 0.857. The van der Waals surface area contributed by atoms with Crippen LogP contribution in [0.15, 0.2) is 0 Å². The minimum atomic E-state index is -2.31. The van der Waals surface area contributed by atoms with Gasteiger partial charge in [0.25, 0.3) is 0 Å². The molecule has 1 unspecified atom stereocenters. The van der Waals surface area contributed by atoms with E-state index in [2.05, 4.69) is 0 Å². The second-order valence-corrected chi connectivity index (χ2v) is 5.49. The zero-order valence-corrected chi connectivity index (χ0v) is 12.6. The number of ketones is 1. The fourth-order valence-electron chi connectivity index (χ4n) is 2.07. The summed E-state index contributed by atoms with van der Waals surface area (Å²) in [5.41, 5.74) is 0. The molecule has 0 aliphatic carbocycles. The molecule has 1 aliphatic heterocycles. The average Bonchev–Trinajstić information content (AvgIpc) is 2.48. The molecule has 0 amide bonds. The molecule has 0 radical (unpaired) electrons. The van der Waals surface area contributed by atoms with Crippen LogP contribution in [-0.2, 0) is 19.1 Å². The molecule has 0 saturated carbocycles. The van der Waals surface area contributed by atoms with Crippen molar-refractivity contribution in [3.63, 3.8) is 0 Å². The van der Waals surface area contributed by atoms with Crippen molar-refractivity contribution in [1.82, 2.24) is 0 Å². The van der Waals surface area contributed by atoms with Gasteiger partial charge in [0.15, 0.2) is 0 Å². The number of ether oxygens (including phenoxy) is 2. The number of carbonyl (C=O) groups is 2. The number of rotatable bonds is 8. The SMILES string of the molecule is CCCCCC(=O)CC(=O)OCC1(O)OC[C@@H](O)[C@@H](O)[C@@H]1O. The molecule has 8 nitrogen and oxygen atoms in total. The molecule has 1 rings (SSSR count). The van der Waals surface area contributed by atoms with E-state index in [4.69, 9.17) is 9.47 Å². The Bertz CT molecular complexity index is 385. The number of aliphatic hydroxyl groups excluding tert-OH is 3. The highest BCUT2D eigenvalue weighted by Gasteiger charge is 2.49. The van der Waals surface area contributed by atoms with Crippen LogP contribution < -0.4 is 0 Å². The van der Waals surface area contributed by atoms with Crippen LogP contribution in [0.3, 0.4) is 0 Å². The maximum absolute atomic E-state index is 11.5. The quantitative estimate of drug-likeness (QED) is 0.251. The van der Waals surface area contributed by atoms with Crippen LogP contribution in [0.5, 0.6) is 0 Å². The van der Waals surface area contributed by atoms with Crippen LogP contribution in [0.1, 0.15) is 39.0 Å². The Labute approximate surface area is 128 Å². The summed E-state index contributed by atoms with van der Waals surface area (Å²) in [4.78, 5) is 23.0. The third-order valence-corrected chi connectivity index (χ3v) is 3.52. The monoisotopic (exact) mass is 320 g/mol. The Morgan fingerprint density at radius 3 is 2.59 bits per heavy atom. The number of aliphatic hydroxyl groups is 4. The molecule has 0 bridgehead atoms. The van der Waals surface area contributed by atoms with Crippen molar-refractivity contribution in [2.24, 2.45) is 0 Å². The van der Waals surface area contributed by atoms with Gasteiger partial charge in [-0.25, -0.2) is 0 Å². The largest absolute Gasteiger partial charge is 0.459 e. The summed E-state index contributed by atoms with van der Waals surface area (Å²) in [5.74, 6) is -3.41. The molecule has 0 spiro atoms. The van der Waals surface area contributed by atoms with E-state index in [0.717, 1.165) is 12.8 Å². The fourth-order valence-corrected chi connectivity index (χ4v) is 2.07. The molecule has 4 atom stereocenters. The van der Waals surface area contributed by atoms with Gasteiger partial charge < -0.3 is 29.9 Å². The smallest absolute Gasteiger partial charge is 0.313 e. The van der Waals surface area contributed by atoms with Gasteiger partial charge in [0.2, 0.25) is 5.79 Å². The van der Waals surface area contributed by atoms with E-state index in [9.17, 15) is 30.0 Å². The van der Waals surface area contributed by atoms with Gasteiger partial charge in [-0.2, -0.15) is 0 Å². The van der Waals surface area contributed by atoms with Crippen molar-refractivity contribution in [3.05, 3.63) is 0 Å². The minimum absolute atomic E-state index is 0.258. The Morgan fingerprint density at radius 1 is 1.27 bits per heavy atom. The first kappa shape index (κ1) is 19.0. The van der Waals surface area contributed by atoms with Crippen LogP contribution in [-0.4, -0.2) is 69.5 Å². The average molecular weight is 320 g/mol. The van der Waals surface area contributed by atoms with Gasteiger partial charge >= 0.3 is 5.97 Å². The van der Waals surface area contributed by atoms with Crippen molar-refractivity contribution in [2.45, 2.75) is 63.1 Å². The van der Waals surface area contributed by atoms with E-state index >= 15 is 0 Å². The summed E-state index contributed by atoms with van der Waals surface area (Å²) in [7, 11) is 0. The van der Waals surface area contributed by atoms with Crippen molar-refractivity contribution < 1.29 is 39.5 Å². The van der Waals surface area contributed by atoms with E-state index < -0.39 is 49.7 Å². The lowest BCUT2D eigenvalue weighted by Crippen LogP contribution is -2.63. The van der Waals surface area contributed by atoms with E-state index in [-0.39, 0.29) is 12.2 Å². The molecule has 0 aromatic rings. The number of unbranched alkanes of at least 4 members (excludes halogenated alkanes) is 2. The van der Waals surface area contributed by atoms with Gasteiger partial charge in [-0.3, -0.25) is 9.59 Å². The molecule has 128 valence electrons. The predicted octanol–water partition coefficient (Wildman–Crippen LogP) is -1.13. The van der Waals surface area contributed by atoms with E-state index in [1.165, 1.54) is 0 Å². The van der Waals surface area contributed by atoms with E-state index in [1.807, 2.05) is 6.92 Å². The van der Waals surface area contributed by atoms with Crippen molar-refractivity contribution in [2.75, 3.05) is 13.2 Å². The van der Waals surface area contributed by atoms with Gasteiger partial charge in [0.05, 0.1) is 6.61 Å². The lowest BCUT2D eigenvalue weighted by molar-refractivity contribution is -0.332. The number of esters is 1. The summed E-state index contributed by atoms with van der Waals surface area (Å²) in [6.07, 6.45) is -2.34. The van der Waals surface area contributed by atoms with Gasteiger partial charge in [-0.1, -0.05) is 19.8 Å². The molecule has 1 heterocycles. The lowest BCUT2D eigenvalue weighted by Gasteiger charge is -2.40. The Balaban J connectivity index is 2.38. The second kappa shape index (κ2) is 8.54. The van der Waals surface area contributed by atoms with Crippen LogP contribution >= 0.6 is 0 Å². The highest BCUT2D eigenvalue weighted by Crippen LogP contribution is 2.24. The standard InChI is InChI=1S/C14H24O8/c1-2-3-4-5-9(15)6-11(17)21-8-14(20)13(19)12(18)10(16)7-22-14/h10,12-13,16,18-20H,2-8H2,1H3/t10-,12-,13+,14?/m1/s1. The molecule has 8 heteroatoms. The van der Waals surface area contributed by atoms with Gasteiger partial charge in [0.1, 0.15) is 37.1 Å². The van der Waals surface area contributed by atoms with Crippen LogP contribution in [0.25, 0.3) is 0 Å². The molecule has 22 heavy (non-hydrogen) atoms. The molecular weight excluding hydrogens is 296 g/mol. The number of hydrogen-bond acceptors (Lipinski definition) is 8. The Morgan fingerprint density at radius 2 is 1.95 bits per heavy atom. The molecule has 0 aromatic carbocycles. The predicted molar refractivity (Wildman–Crippen MR) is 73.6 cm³/mol. The van der Waals surface area contributed by atoms with E-state index in [1.54, 1.807) is 0 Å². The third kappa shape index (κ3) is 5.29. The Hall–Kier alpha value is -1.06. The molecule has 1 saturated heterocycles. The second-order valence-electron chi connectivity index (χ2n) is 5.49. The van der Waals surface area contributed by atoms with Crippen LogP contribution in [0.2, 0.25) is 0 Å². The first-order chi connectivity index (χ1) is 10.3. The summed E-state index contributed by atoms with van der Waals surface area (Å²) in [6, 6.07) is 0. The van der Waals surface area contributed by atoms with E-state index in [0.29, 0.717) is 6.42 Å². The maximum atomic E-state index is 11.5. The number of hydrogen-bond donors (Lipinski definition) is 4. The first-order valence-corrected chi connectivity index (χ1v) is 7.38. The topological polar surface area (TPSA) is 134 Å². The van der Waals surface area contributed by atoms with Gasteiger partial charge in [-0.05, 0) is 6.42 Å². The van der Waals surface area contributed by atoms with Gasteiger partial charge in [0, 0.05) is 6.42 Å². The zero-order valence-electron chi connectivity index (χ0n) is 12.6. The zero-order chi connectivity index (χ0) is 16.8. The number of Topliss-reactive ketones (excluding diaryl/α,β-unsaturated/α-hetero) is 1. The maximum Gasteiger partial charge on any atom is 0.313 e. The Kier molecular flexibility index (Phi) is 7.37. The first-order valence-electron chi connectivity index (χ1n) is 7.38. The van der Waals surface area contributed by atoms with Gasteiger partial charge in [-0.15, -0.1) is 0 Å². The third-order valence-electron chi connectivity index (χ3n) is 3.52. The highest BCUT2D eigenvalue weighted by molar-refractivity contribution is 5.95. The summed E-state index contributed by atoms with van der Waals surface area (Å²) < 4.78 is 9.56. The van der Waals surface area contributed by atoms with Crippen molar-refractivity contribution >= 4 is 11.8 Å². The molecule has 4 N–H and O–H groups in total. The van der Waals surface area contributed by atoms with Crippen molar-refractivity contribution in [1.29, 1.82) is 0 Å². The molecule has 0 aromatic heterocycles. The molecule has 1 fully saturated rings. The molecule has 1 aliphatic rings. The number of carbonyl (C=O) groups excluding carboxylic acids is 2. The normalized spacial score (nSPS) is 31.8. The highest BCUT2D eigenvalue weighted by atomic mass is 16.7. The summed E-state index contributed by atoms with van der Waals surface area (Å²) >= 11 is 0. The lowest BCUT2D eigenvalue weighted by atomic mass is 9.97. The summed E-state index contributed by atoms with van der Waals surface area (Å²) in [5, 5.41) is 38.4. The van der Waals surface area contributed by atoms with Crippen LogP contribution in [0, 0.1) is 0 Å². The minimum Gasteiger partial charge on any atom is -0.459 e. The van der Waals surface area contributed by atoms with Crippen LogP contribution in [0.4, 0.5) is 0 Å².